The van der Waals surface area contributed by atoms with Crippen LogP contribution in [0, 0.1) is 5.92 Å². The second-order valence-corrected chi connectivity index (χ2v) is 6.70. The van der Waals surface area contributed by atoms with E-state index in [1.54, 1.807) is 0 Å². The van der Waals surface area contributed by atoms with Gasteiger partial charge in [-0.1, -0.05) is 70.9 Å². The predicted octanol–water partition coefficient (Wildman–Crippen LogP) is 3.61. The van der Waals surface area contributed by atoms with Crippen LogP contribution >= 0.6 is 0 Å². The number of Topliss-reactive ketones (excluding diaryl/α,β-unsaturated/α-hetero) is 1. The number of hydrogen-bond donors (Lipinski definition) is 0. The minimum absolute atomic E-state index is 0. The Bertz CT molecular complexity index is 492. The van der Waals surface area contributed by atoms with Crippen LogP contribution in [0.2, 0.25) is 0 Å². The van der Waals surface area contributed by atoms with Gasteiger partial charge in [0.25, 0.3) is 0 Å². The van der Waals surface area contributed by atoms with Gasteiger partial charge in [0.2, 0.25) is 0 Å². The molecule has 0 aliphatic heterocycles. The zero-order valence-corrected chi connectivity index (χ0v) is 23.6. The number of ketones is 1. The third-order valence-corrected chi connectivity index (χ3v) is 4.05. The van der Waals surface area contributed by atoms with Crippen LogP contribution in [0.3, 0.4) is 0 Å². The molecule has 1 aromatic carbocycles. The van der Waals surface area contributed by atoms with Crippen LogP contribution in [-0.4, -0.2) is 24.9 Å². The zero-order valence-electron chi connectivity index (χ0n) is 18.7. The molecule has 1 rings (SSSR count). The largest absolute Gasteiger partial charge is 1.00 e. The van der Waals surface area contributed by atoms with Gasteiger partial charge in [0, 0.05) is 25.6 Å². The van der Waals surface area contributed by atoms with Crippen molar-refractivity contribution in [3.63, 3.8) is 0 Å². The van der Waals surface area contributed by atoms with Crippen LogP contribution < -0.4 is 58.2 Å². The summed E-state index contributed by atoms with van der Waals surface area (Å²) >= 11 is 0. The molecule has 154 valence electrons. The van der Waals surface area contributed by atoms with Gasteiger partial charge in [-0.25, -0.2) is 0 Å². The summed E-state index contributed by atoms with van der Waals surface area (Å²) in [5, 5.41) is 4.06. The molecule has 0 aliphatic rings. The van der Waals surface area contributed by atoms with Gasteiger partial charge in [-0.05, 0) is 32.1 Å². The van der Waals surface area contributed by atoms with Crippen molar-refractivity contribution in [3.8, 4) is 0 Å². The molecule has 5 heteroatoms. The summed E-state index contributed by atoms with van der Waals surface area (Å²) in [5.74, 6) is 0.459. The fourth-order valence-corrected chi connectivity index (χ4v) is 2.43. The Morgan fingerprint density at radius 2 is 1.39 bits per heavy atom. The molecule has 0 fully saturated rings. The molecule has 0 saturated carbocycles. The Morgan fingerprint density at radius 3 is 1.93 bits per heavy atom. The van der Waals surface area contributed by atoms with Crippen molar-refractivity contribution in [1.29, 1.82) is 0 Å². The maximum atomic E-state index is 11.7. The van der Waals surface area contributed by atoms with Gasteiger partial charge < -0.3 is 14.8 Å². The van der Waals surface area contributed by atoms with Crippen LogP contribution in [-0.2, 0) is 14.3 Å². The number of carbonyl (C=O) groups is 2. The first-order chi connectivity index (χ1) is 13.1. The number of ether oxygens (including phenoxy) is 1. The summed E-state index contributed by atoms with van der Waals surface area (Å²) in [6.07, 6.45) is 7.04. The molecule has 0 atom stereocenters. The first-order valence-electron chi connectivity index (χ1n) is 10.5. The van der Waals surface area contributed by atoms with Gasteiger partial charge in [-0.2, -0.15) is 0 Å². The third-order valence-electron chi connectivity index (χ3n) is 4.05. The first-order valence-corrected chi connectivity index (χ1v) is 10.5. The number of amides is 1. The number of para-hydroxylation sites is 1. The second-order valence-electron chi connectivity index (χ2n) is 6.70. The fourth-order valence-electron chi connectivity index (χ4n) is 2.43. The summed E-state index contributed by atoms with van der Waals surface area (Å²) in [7, 11) is 0. The number of hydrogen-bond acceptors (Lipinski definition) is 3. The van der Waals surface area contributed by atoms with Crippen LogP contribution in [0.25, 0.3) is 5.32 Å². The topological polar surface area (TPSA) is 57.5 Å². The van der Waals surface area contributed by atoms with E-state index in [1.165, 1.54) is 0 Å². The van der Waals surface area contributed by atoms with Gasteiger partial charge in [0.05, 0.1) is 5.91 Å². The Morgan fingerprint density at radius 1 is 0.857 bits per heavy atom. The van der Waals surface area contributed by atoms with Crippen molar-refractivity contribution in [2.24, 2.45) is 5.92 Å². The molecule has 0 spiro atoms. The number of nitrogens with zero attached hydrogens (tertiary/aromatic N) is 1. The molecular formula is C23H38NO3Rb. The monoisotopic (exact) mass is 461 g/mol. The van der Waals surface area contributed by atoms with Crippen molar-refractivity contribution >= 4 is 17.4 Å². The Kier molecular flexibility index (Phi) is 23.6. The fraction of sp³-hybridized carbons (Fsp3) is 0.652. The zero-order chi connectivity index (χ0) is 20.3. The van der Waals surface area contributed by atoms with E-state index in [-0.39, 0.29) is 70.0 Å². The van der Waals surface area contributed by atoms with E-state index in [0.717, 1.165) is 57.4 Å². The van der Waals surface area contributed by atoms with Crippen LogP contribution in [0.15, 0.2) is 30.3 Å². The van der Waals surface area contributed by atoms with E-state index >= 15 is 0 Å². The number of benzene rings is 1. The summed E-state index contributed by atoms with van der Waals surface area (Å²) in [5.41, 5.74) is 0.728. The van der Waals surface area contributed by atoms with Gasteiger partial charge >= 0.3 is 58.2 Å². The molecule has 0 radical (unpaired) electrons. The maximum Gasteiger partial charge on any atom is 1.00 e. The third kappa shape index (κ3) is 18.2. The molecule has 1 aromatic rings. The Balaban J connectivity index is 0. The number of unbranched alkanes of at least 4 members (excludes halogenated alkanes) is 4. The van der Waals surface area contributed by atoms with Crippen LogP contribution in [0.1, 0.15) is 79.1 Å². The van der Waals surface area contributed by atoms with Gasteiger partial charge in [0.15, 0.2) is 0 Å². The number of carbonyl (C=O) groups excluding carboxylic acids is 2. The van der Waals surface area contributed by atoms with Crippen molar-refractivity contribution in [2.75, 3.05) is 13.2 Å². The Hall–Kier alpha value is 0.125. The smallest absolute Gasteiger partial charge is 0.627 e. The van der Waals surface area contributed by atoms with Crippen LogP contribution in [0.4, 0.5) is 5.69 Å². The SMILES string of the molecule is CC.CC(C)C(=O)CCCCCOCCCCCC(=O)[N-]c1ccccc1.[Rb+]. The minimum Gasteiger partial charge on any atom is -0.627 e. The van der Waals surface area contributed by atoms with E-state index in [9.17, 15) is 9.59 Å². The van der Waals surface area contributed by atoms with Gasteiger partial charge in [-0.15, -0.1) is 5.69 Å². The summed E-state index contributed by atoms with van der Waals surface area (Å²) in [6, 6.07) is 9.35. The average Bonchev–Trinajstić information content (AvgIpc) is 2.68. The quantitative estimate of drug-likeness (QED) is 0.398. The summed E-state index contributed by atoms with van der Waals surface area (Å²) in [6.45, 7) is 9.41. The average molecular weight is 462 g/mol. The van der Waals surface area contributed by atoms with E-state index < -0.39 is 0 Å². The molecule has 28 heavy (non-hydrogen) atoms. The maximum absolute atomic E-state index is 11.7. The molecule has 0 heterocycles. The number of rotatable bonds is 14. The van der Waals surface area contributed by atoms with Crippen molar-refractivity contribution in [2.45, 2.75) is 79.1 Å². The van der Waals surface area contributed by atoms with E-state index in [2.05, 4.69) is 5.32 Å². The van der Waals surface area contributed by atoms with E-state index in [0.29, 0.717) is 18.6 Å². The standard InChI is InChI=1S/C21H33NO3.C2H6.Rb/c1-18(2)20(23)14-8-4-10-16-25-17-11-5-9-15-21(24)22-19-12-6-3-7-13-19;1-2;/h3,6-7,12-13,18H,4-5,8-11,14-17H2,1-2H3,(H,22,24);1-2H3;/q;;+1/p-1. The second kappa shape index (κ2) is 21.8. The van der Waals surface area contributed by atoms with E-state index in [1.807, 2.05) is 58.0 Å². The molecule has 0 aromatic heterocycles. The van der Waals surface area contributed by atoms with Crippen molar-refractivity contribution in [3.05, 3.63) is 35.6 Å². The molecular weight excluding hydrogens is 424 g/mol. The normalized spacial score (nSPS) is 9.89. The van der Waals surface area contributed by atoms with Gasteiger partial charge in [-0.3, -0.25) is 4.79 Å². The van der Waals surface area contributed by atoms with Crippen LogP contribution in [0.5, 0.6) is 0 Å². The summed E-state index contributed by atoms with van der Waals surface area (Å²) < 4.78 is 5.60. The summed E-state index contributed by atoms with van der Waals surface area (Å²) in [4.78, 5) is 23.2. The molecule has 1 amide bonds. The Labute approximate surface area is 221 Å². The molecule has 0 unspecified atom stereocenters. The van der Waals surface area contributed by atoms with Gasteiger partial charge in [0.1, 0.15) is 5.78 Å². The van der Waals surface area contributed by atoms with Crippen molar-refractivity contribution < 1.29 is 72.5 Å². The molecule has 4 nitrogen and oxygen atoms in total. The predicted molar refractivity (Wildman–Crippen MR) is 113 cm³/mol. The molecule has 0 saturated heterocycles. The molecule has 0 bridgehead atoms. The first kappa shape index (κ1) is 30.3. The molecule has 0 aliphatic carbocycles. The van der Waals surface area contributed by atoms with E-state index in [4.69, 9.17) is 4.74 Å². The molecule has 0 N–H and O–H groups in total. The van der Waals surface area contributed by atoms with Crippen molar-refractivity contribution in [1.82, 2.24) is 0 Å². The minimum atomic E-state index is -0.0527.